The number of rotatable bonds is 7. The Bertz CT molecular complexity index is 918. The number of benzene rings is 2. The van der Waals surface area contributed by atoms with E-state index in [0.717, 1.165) is 12.8 Å². The van der Waals surface area contributed by atoms with E-state index >= 15 is 0 Å². The quantitative estimate of drug-likeness (QED) is 0.768. The zero-order valence-corrected chi connectivity index (χ0v) is 17.0. The molecule has 0 spiro atoms. The van der Waals surface area contributed by atoms with Gasteiger partial charge in [0, 0.05) is 18.8 Å². The molecule has 150 valence electrons. The van der Waals surface area contributed by atoms with E-state index in [-0.39, 0.29) is 17.4 Å². The minimum absolute atomic E-state index is 0.149. The summed E-state index contributed by atoms with van der Waals surface area (Å²) >= 11 is 0. The molecule has 1 fully saturated rings. The first-order valence-corrected chi connectivity index (χ1v) is 10.9. The molecule has 1 aliphatic rings. The van der Waals surface area contributed by atoms with Crippen molar-refractivity contribution in [3.05, 3.63) is 54.1 Å². The molecule has 1 heterocycles. The molecular formula is C21H26N2O4S. The Labute approximate surface area is 166 Å². The molecule has 2 aromatic rings. The average Bonchev–Trinajstić information content (AvgIpc) is 3.22. The van der Waals surface area contributed by atoms with Crippen molar-refractivity contribution in [3.8, 4) is 5.75 Å². The molecule has 1 saturated heterocycles. The minimum atomic E-state index is -3.51. The van der Waals surface area contributed by atoms with Crippen LogP contribution in [0.25, 0.3) is 0 Å². The number of ether oxygens (including phenoxy) is 1. The zero-order valence-electron chi connectivity index (χ0n) is 16.2. The summed E-state index contributed by atoms with van der Waals surface area (Å²) in [6.45, 7) is 5.16. The second-order valence-electron chi connectivity index (χ2n) is 7.20. The number of nitrogens with zero attached hydrogens (tertiary/aromatic N) is 1. The van der Waals surface area contributed by atoms with E-state index in [4.69, 9.17) is 4.74 Å². The van der Waals surface area contributed by atoms with Gasteiger partial charge >= 0.3 is 0 Å². The molecule has 0 aromatic heterocycles. The van der Waals surface area contributed by atoms with Crippen molar-refractivity contribution in [1.29, 1.82) is 0 Å². The van der Waals surface area contributed by atoms with Crippen LogP contribution < -0.4 is 10.1 Å². The van der Waals surface area contributed by atoms with E-state index in [1.54, 1.807) is 18.2 Å². The van der Waals surface area contributed by atoms with Crippen molar-refractivity contribution in [1.82, 2.24) is 4.31 Å². The standard InChI is InChI=1S/C21H26N2O4S/c1-16(2)17-8-10-19(11-9-17)27-15-21(24)22-18-6-5-7-20(14-18)28(25,26)23-12-3-4-13-23/h5-11,14,16H,3-4,12-13,15H2,1-2H3,(H,22,24). The highest BCUT2D eigenvalue weighted by molar-refractivity contribution is 7.89. The van der Waals surface area contributed by atoms with Crippen LogP contribution in [-0.2, 0) is 14.8 Å². The van der Waals surface area contributed by atoms with Gasteiger partial charge in [0.1, 0.15) is 5.75 Å². The zero-order chi connectivity index (χ0) is 20.1. The van der Waals surface area contributed by atoms with Crippen LogP contribution in [0.5, 0.6) is 5.75 Å². The van der Waals surface area contributed by atoms with Gasteiger partial charge in [0.15, 0.2) is 6.61 Å². The smallest absolute Gasteiger partial charge is 0.262 e. The van der Waals surface area contributed by atoms with Crippen LogP contribution >= 0.6 is 0 Å². The fraction of sp³-hybridized carbons (Fsp3) is 0.381. The third-order valence-electron chi connectivity index (χ3n) is 4.74. The van der Waals surface area contributed by atoms with Gasteiger partial charge in [-0.2, -0.15) is 4.31 Å². The molecule has 0 bridgehead atoms. The molecule has 0 radical (unpaired) electrons. The summed E-state index contributed by atoms with van der Waals surface area (Å²) in [5, 5.41) is 2.70. The number of hydrogen-bond donors (Lipinski definition) is 1. The molecule has 1 amide bonds. The van der Waals surface area contributed by atoms with E-state index in [1.165, 1.54) is 15.9 Å². The number of carbonyl (C=O) groups excluding carboxylic acids is 1. The van der Waals surface area contributed by atoms with Crippen molar-refractivity contribution in [2.45, 2.75) is 37.5 Å². The second-order valence-corrected chi connectivity index (χ2v) is 9.14. The fourth-order valence-corrected chi connectivity index (χ4v) is 4.67. The van der Waals surface area contributed by atoms with Gasteiger partial charge < -0.3 is 10.1 Å². The van der Waals surface area contributed by atoms with E-state index in [2.05, 4.69) is 19.2 Å². The third kappa shape index (κ3) is 4.91. The normalized spacial score (nSPS) is 15.0. The highest BCUT2D eigenvalue weighted by atomic mass is 32.2. The van der Waals surface area contributed by atoms with Crippen molar-refractivity contribution in [3.63, 3.8) is 0 Å². The van der Waals surface area contributed by atoms with Crippen LogP contribution in [0.4, 0.5) is 5.69 Å². The maximum absolute atomic E-state index is 12.6. The van der Waals surface area contributed by atoms with Crippen LogP contribution in [0.3, 0.4) is 0 Å². The maximum atomic E-state index is 12.6. The lowest BCUT2D eigenvalue weighted by Crippen LogP contribution is -2.28. The molecule has 1 N–H and O–H groups in total. The van der Waals surface area contributed by atoms with Crippen LogP contribution in [0.2, 0.25) is 0 Å². The van der Waals surface area contributed by atoms with E-state index < -0.39 is 10.0 Å². The Balaban J connectivity index is 1.59. The van der Waals surface area contributed by atoms with Gasteiger partial charge in [0.05, 0.1) is 4.90 Å². The predicted molar refractivity (Wildman–Crippen MR) is 109 cm³/mol. The highest BCUT2D eigenvalue weighted by Gasteiger charge is 2.27. The summed E-state index contributed by atoms with van der Waals surface area (Å²) in [5.41, 5.74) is 1.64. The molecule has 7 heteroatoms. The average molecular weight is 403 g/mol. The SMILES string of the molecule is CC(C)c1ccc(OCC(=O)Nc2cccc(S(=O)(=O)N3CCCC3)c2)cc1. The lowest BCUT2D eigenvalue weighted by Gasteiger charge is -2.16. The fourth-order valence-electron chi connectivity index (χ4n) is 3.11. The Morgan fingerprint density at radius 1 is 1.11 bits per heavy atom. The van der Waals surface area contributed by atoms with Gasteiger partial charge in [0.2, 0.25) is 10.0 Å². The van der Waals surface area contributed by atoms with E-state index in [1.807, 2.05) is 24.3 Å². The van der Waals surface area contributed by atoms with Crippen LogP contribution in [0.1, 0.15) is 38.2 Å². The topological polar surface area (TPSA) is 75.7 Å². The molecule has 28 heavy (non-hydrogen) atoms. The number of anilines is 1. The molecule has 2 aromatic carbocycles. The summed E-state index contributed by atoms with van der Waals surface area (Å²) in [4.78, 5) is 12.4. The lowest BCUT2D eigenvalue weighted by molar-refractivity contribution is -0.118. The van der Waals surface area contributed by atoms with Crippen molar-refractivity contribution >= 4 is 21.6 Å². The molecular weight excluding hydrogens is 376 g/mol. The first-order chi connectivity index (χ1) is 13.4. The maximum Gasteiger partial charge on any atom is 0.262 e. The van der Waals surface area contributed by atoms with Gasteiger partial charge in [-0.05, 0) is 54.7 Å². The molecule has 1 aliphatic heterocycles. The summed E-state index contributed by atoms with van der Waals surface area (Å²) in [6, 6.07) is 14.0. The molecule has 0 saturated carbocycles. The molecule has 0 unspecified atom stereocenters. The van der Waals surface area contributed by atoms with Gasteiger partial charge in [0.25, 0.3) is 5.91 Å². The number of amides is 1. The second kappa shape index (κ2) is 8.75. The van der Waals surface area contributed by atoms with E-state index in [9.17, 15) is 13.2 Å². The monoisotopic (exact) mass is 402 g/mol. The first-order valence-electron chi connectivity index (χ1n) is 9.49. The van der Waals surface area contributed by atoms with Gasteiger partial charge in [-0.15, -0.1) is 0 Å². The Morgan fingerprint density at radius 2 is 1.79 bits per heavy atom. The van der Waals surface area contributed by atoms with Gasteiger partial charge in [-0.3, -0.25) is 4.79 Å². The Hall–Kier alpha value is -2.38. The van der Waals surface area contributed by atoms with Gasteiger partial charge in [-0.25, -0.2) is 8.42 Å². The van der Waals surface area contributed by atoms with E-state index in [0.29, 0.717) is 30.4 Å². The molecule has 6 nitrogen and oxygen atoms in total. The summed E-state index contributed by atoms with van der Waals surface area (Å²) < 4.78 is 32.3. The van der Waals surface area contributed by atoms with Crippen molar-refractivity contribution in [2.24, 2.45) is 0 Å². The van der Waals surface area contributed by atoms with Crippen molar-refractivity contribution < 1.29 is 17.9 Å². The van der Waals surface area contributed by atoms with Crippen LogP contribution in [0, 0.1) is 0 Å². The number of sulfonamides is 1. The largest absolute Gasteiger partial charge is 0.484 e. The molecule has 0 atom stereocenters. The molecule has 3 rings (SSSR count). The lowest BCUT2D eigenvalue weighted by atomic mass is 10.0. The Kier molecular flexibility index (Phi) is 6.36. The number of carbonyl (C=O) groups is 1. The predicted octanol–water partition coefficient (Wildman–Crippen LogP) is 3.61. The van der Waals surface area contributed by atoms with Crippen LogP contribution in [0.15, 0.2) is 53.4 Å². The first kappa shape index (κ1) is 20.4. The minimum Gasteiger partial charge on any atom is -0.484 e. The third-order valence-corrected chi connectivity index (χ3v) is 6.63. The number of hydrogen-bond acceptors (Lipinski definition) is 4. The Morgan fingerprint density at radius 3 is 2.43 bits per heavy atom. The van der Waals surface area contributed by atoms with Crippen LogP contribution in [-0.4, -0.2) is 38.3 Å². The van der Waals surface area contributed by atoms with Gasteiger partial charge in [-0.1, -0.05) is 32.0 Å². The summed E-state index contributed by atoms with van der Waals surface area (Å²) in [5.74, 6) is 0.704. The summed E-state index contributed by atoms with van der Waals surface area (Å²) in [7, 11) is -3.51. The van der Waals surface area contributed by atoms with Crippen molar-refractivity contribution in [2.75, 3.05) is 25.0 Å². The number of nitrogens with one attached hydrogen (secondary N) is 1. The highest BCUT2D eigenvalue weighted by Crippen LogP contribution is 2.23. The molecule has 0 aliphatic carbocycles. The summed E-state index contributed by atoms with van der Waals surface area (Å²) in [6.07, 6.45) is 1.76.